The number of amides is 1. The predicted molar refractivity (Wildman–Crippen MR) is 91.9 cm³/mol. The van der Waals surface area contributed by atoms with Crippen LogP contribution in [0.15, 0.2) is 48.5 Å². The van der Waals surface area contributed by atoms with Crippen LogP contribution < -0.4 is 10.2 Å². The second-order valence-electron chi connectivity index (χ2n) is 5.75. The topological polar surface area (TPSA) is 41.6 Å². The van der Waals surface area contributed by atoms with E-state index in [0.717, 1.165) is 24.3 Å². The molecule has 3 rings (SSSR count). The van der Waals surface area contributed by atoms with Gasteiger partial charge < -0.3 is 15.0 Å². The van der Waals surface area contributed by atoms with Gasteiger partial charge in [-0.1, -0.05) is 24.3 Å². The minimum absolute atomic E-state index is 0.103. The number of ether oxygens (including phenoxy) is 1. The van der Waals surface area contributed by atoms with Crippen molar-refractivity contribution in [3.8, 4) is 0 Å². The lowest BCUT2D eigenvalue weighted by Crippen LogP contribution is -2.38. The number of rotatable bonds is 5. The number of nitrogens with one attached hydrogen (secondary N) is 1. The Morgan fingerprint density at radius 2 is 1.92 bits per heavy atom. The van der Waals surface area contributed by atoms with E-state index in [2.05, 4.69) is 10.2 Å². The van der Waals surface area contributed by atoms with Gasteiger partial charge in [-0.15, -0.1) is 0 Å². The molecule has 0 aromatic heterocycles. The van der Waals surface area contributed by atoms with Gasteiger partial charge in [0.25, 0.3) is 5.91 Å². The Kier molecular flexibility index (Phi) is 5.43. The molecule has 1 fully saturated rings. The van der Waals surface area contributed by atoms with Crippen LogP contribution >= 0.6 is 0 Å². The van der Waals surface area contributed by atoms with Crippen LogP contribution in [0, 0.1) is 5.82 Å². The number of morpholine rings is 1. The minimum atomic E-state index is -0.253. The number of benzene rings is 2. The Labute approximate surface area is 141 Å². The minimum Gasteiger partial charge on any atom is -0.378 e. The number of para-hydroxylation sites is 1. The maximum Gasteiger partial charge on any atom is 0.253 e. The zero-order valence-corrected chi connectivity index (χ0v) is 13.5. The van der Waals surface area contributed by atoms with E-state index in [1.54, 1.807) is 6.07 Å². The summed E-state index contributed by atoms with van der Waals surface area (Å²) in [5.74, 6) is -0.356. The lowest BCUT2D eigenvalue weighted by atomic mass is 10.1. The Hall–Kier alpha value is -2.40. The average molecular weight is 328 g/mol. The summed E-state index contributed by atoms with van der Waals surface area (Å²) in [6.07, 6.45) is 0.600. The maximum absolute atomic E-state index is 13.2. The van der Waals surface area contributed by atoms with Crippen LogP contribution in [0.2, 0.25) is 0 Å². The van der Waals surface area contributed by atoms with E-state index in [1.807, 2.05) is 30.3 Å². The number of halogens is 1. The third kappa shape index (κ3) is 4.11. The van der Waals surface area contributed by atoms with Crippen molar-refractivity contribution in [3.63, 3.8) is 0 Å². The van der Waals surface area contributed by atoms with Crippen LogP contribution in [-0.4, -0.2) is 38.8 Å². The van der Waals surface area contributed by atoms with Crippen molar-refractivity contribution in [1.29, 1.82) is 0 Å². The first-order chi connectivity index (χ1) is 11.7. The van der Waals surface area contributed by atoms with Gasteiger partial charge in [0.05, 0.1) is 18.8 Å². The lowest BCUT2D eigenvalue weighted by molar-refractivity contribution is 0.0952. The van der Waals surface area contributed by atoms with Gasteiger partial charge in [-0.25, -0.2) is 4.39 Å². The second kappa shape index (κ2) is 7.93. The zero-order chi connectivity index (χ0) is 16.8. The van der Waals surface area contributed by atoms with Crippen molar-refractivity contribution >= 4 is 11.6 Å². The van der Waals surface area contributed by atoms with Crippen LogP contribution in [0.1, 0.15) is 15.9 Å². The standard InChI is InChI=1S/C19H21FN2O2/c20-16-5-3-4-15(14-16)8-9-21-19(23)17-6-1-2-7-18(17)22-10-12-24-13-11-22/h1-7,14H,8-13H2,(H,21,23). The van der Waals surface area contributed by atoms with E-state index >= 15 is 0 Å². The molecule has 1 amide bonds. The summed E-state index contributed by atoms with van der Waals surface area (Å²) in [6, 6.07) is 14.1. The molecule has 2 aromatic carbocycles. The van der Waals surface area contributed by atoms with Crippen molar-refractivity contribution in [2.45, 2.75) is 6.42 Å². The fraction of sp³-hybridized carbons (Fsp3) is 0.316. The Balaban J connectivity index is 1.62. The lowest BCUT2D eigenvalue weighted by Gasteiger charge is -2.30. The van der Waals surface area contributed by atoms with Crippen molar-refractivity contribution in [2.24, 2.45) is 0 Å². The van der Waals surface area contributed by atoms with E-state index in [4.69, 9.17) is 4.74 Å². The summed E-state index contributed by atoms with van der Waals surface area (Å²) in [7, 11) is 0. The summed E-state index contributed by atoms with van der Waals surface area (Å²) in [5.41, 5.74) is 2.47. The van der Waals surface area contributed by atoms with Gasteiger partial charge in [0.15, 0.2) is 0 Å². The second-order valence-corrected chi connectivity index (χ2v) is 5.75. The maximum atomic E-state index is 13.2. The molecule has 0 bridgehead atoms. The number of nitrogens with zero attached hydrogens (tertiary/aromatic N) is 1. The quantitative estimate of drug-likeness (QED) is 0.917. The fourth-order valence-electron chi connectivity index (χ4n) is 2.85. The highest BCUT2D eigenvalue weighted by atomic mass is 19.1. The largest absolute Gasteiger partial charge is 0.378 e. The molecular formula is C19H21FN2O2. The third-order valence-electron chi connectivity index (χ3n) is 4.09. The number of carbonyl (C=O) groups excluding carboxylic acids is 1. The Bertz CT molecular complexity index is 699. The molecule has 0 atom stereocenters. The highest BCUT2D eigenvalue weighted by molar-refractivity contribution is 5.99. The van der Waals surface area contributed by atoms with Gasteiger partial charge in [-0.05, 0) is 36.2 Å². The fourth-order valence-corrected chi connectivity index (χ4v) is 2.85. The van der Waals surface area contributed by atoms with Gasteiger partial charge in [0.1, 0.15) is 5.82 Å². The Morgan fingerprint density at radius 1 is 1.12 bits per heavy atom. The summed E-state index contributed by atoms with van der Waals surface area (Å²) < 4.78 is 18.5. The van der Waals surface area contributed by atoms with E-state index in [9.17, 15) is 9.18 Å². The average Bonchev–Trinajstić information content (AvgIpc) is 2.62. The van der Waals surface area contributed by atoms with Gasteiger partial charge in [-0.3, -0.25) is 4.79 Å². The van der Waals surface area contributed by atoms with Gasteiger partial charge in [0, 0.05) is 25.3 Å². The number of hydrogen-bond donors (Lipinski definition) is 1. The molecule has 5 heteroatoms. The smallest absolute Gasteiger partial charge is 0.253 e. The Morgan fingerprint density at radius 3 is 2.71 bits per heavy atom. The SMILES string of the molecule is O=C(NCCc1cccc(F)c1)c1ccccc1N1CCOCC1. The van der Waals surface area contributed by atoms with Crippen LogP contribution in [-0.2, 0) is 11.2 Å². The van der Waals surface area contributed by atoms with Crippen LogP contribution in [0.4, 0.5) is 10.1 Å². The molecule has 1 N–H and O–H groups in total. The number of carbonyl (C=O) groups is 1. The molecule has 24 heavy (non-hydrogen) atoms. The van der Waals surface area contributed by atoms with Gasteiger partial charge in [0.2, 0.25) is 0 Å². The van der Waals surface area contributed by atoms with E-state index in [0.29, 0.717) is 31.7 Å². The molecule has 4 nitrogen and oxygen atoms in total. The van der Waals surface area contributed by atoms with E-state index in [1.165, 1.54) is 12.1 Å². The molecule has 0 saturated carbocycles. The molecule has 1 aliphatic heterocycles. The molecule has 126 valence electrons. The molecule has 0 unspecified atom stereocenters. The van der Waals surface area contributed by atoms with Crippen molar-refractivity contribution in [3.05, 3.63) is 65.5 Å². The molecular weight excluding hydrogens is 307 g/mol. The van der Waals surface area contributed by atoms with Crippen molar-refractivity contribution in [1.82, 2.24) is 5.32 Å². The molecule has 1 heterocycles. The van der Waals surface area contributed by atoms with Crippen LogP contribution in [0.3, 0.4) is 0 Å². The monoisotopic (exact) mass is 328 g/mol. The molecule has 1 aliphatic rings. The van der Waals surface area contributed by atoms with E-state index < -0.39 is 0 Å². The molecule has 1 saturated heterocycles. The molecule has 2 aromatic rings. The molecule has 0 aliphatic carbocycles. The first kappa shape index (κ1) is 16.5. The number of hydrogen-bond acceptors (Lipinski definition) is 3. The summed E-state index contributed by atoms with van der Waals surface area (Å²) in [6.45, 7) is 3.39. The van der Waals surface area contributed by atoms with Crippen molar-refractivity contribution in [2.75, 3.05) is 37.7 Å². The third-order valence-corrected chi connectivity index (χ3v) is 4.09. The molecule has 0 spiro atoms. The summed E-state index contributed by atoms with van der Waals surface area (Å²) in [5, 5.41) is 2.93. The first-order valence-electron chi connectivity index (χ1n) is 8.18. The van der Waals surface area contributed by atoms with Crippen molar-refractivity contribution < 1.29 is 13.9 Å². The van der Waals surface area contributed by atoms with E-state index in [-0.39, 0.29) is 11.7 Å². The summed E-state index contributed by atoms with van der Waals surface area (Å²) >= 11 is 0. The van der Waals surface area contributed by atoms with Crippen LogP contribution in [0.5, 0.6) is 0 Å². The zero-order valence-electron chi connectivity index (χ0n) is 13.5. The highest BCUT2D eigenvalue weighted by Crippen LogP contribution is 2.21. The molecule has 0 radical (unpaired) electrons. The number of anilines is 1. The summed E-state index contributed by atoms with van der Waals surface area (Å²) in [4.78, 5) is 14.7. The predicted octanol–water partition coefficient (Wildman–Crippen LogP) is 2.63. The first-order valence-corrected chi connectivity index (χ1v) is 8.18. The normalized spacial score (nSPS) is 14.5. The van der Waals surface area contributed by atoms with Gasteiger partial charge in [-0.2, -0.15) is 0 Å². The van der Waals surface area contributed by atoms with Gasteiger partial charge >= 0.3 is 0 Å². The highest BCUT2D eigenvalue weighted by Gasteiger charge is 2.18. The van der Waals surface area contributed by atoms with Crippen LogP contribution in [0.25, 0.3) is 0 Å².